The molecule has 6 nitrogen and oxygen atoms in total. The quantitative estimate of drug-likeness (QED) is 0.627. The number of ether oxygens (including phenoxy) is 1. The summed E-state index contributed by atoms with van der Waals surface area (Å²) in [4.78, 5) is 12.6. The third-order valence-corrected chi connectivity index (χ3v) is 4.73. The first kappa shape index (κ1) is 19.4. The van der Waals surface area contributed by atoms with E-state index in [-0.39, 0.29) is 22.3 Å². The van der Waals surface area contributed by atoms with Crippen LogP contribution in [-0.2, 0) is 6.54 Å². The van der Waals surface area contributed by atoms with Crippen molar-refractivity contribution in [3.63, 3.8) is 0 Å². The number of aromatic nitrogens is 2. The summed E-state index contributed by atoms with van der Waals surface area (Å²) >= 11 is 18.2. The summed E-state index contributed by atoms with van der Waals surface area (Å²) in [6.45, 7) is 0.218. The number of methoxy groups -OCH3 is 1. The van der Waals surface area contributed by atoms with Crippen molar-refractivity contribution >= 4 is 40.5 Å². The molecule has 0 aliphatic carbocycles. The highest BCUT2D eigenvalue weighted by atomic mass is 35.5. The van der Waals surface area contributed by atoms with Gasteiger partial charge in [0.25, 0.3) is 5.56 Å². The molecule has 0 saturated heterocycles. The van der Waals surface area contributed by atoms with Gasteiger partial charge in [-0.2, -0.15) is 9.78 Å². The molecule has 140 valence electrons. The molecule has 0 aliphatic rings. The van der Waals surface area contributed by atoms with Gasteiger partial charge in [0, 0.05) is 17.1 Å². The molecular weight excluding hydrogens is 413 g/mol. The van der Waals surface area contributed by atoms with Gasteiger partial charge in [0.15, 0.2) is 11.5 Å². The predicted octanol–water partition coefficient (Wildman–Crippen LogP) is 4.52. The number of hydrogen-bond donors (Lipinski definition) is 2. The van der Waals surface area contributed by atoms with Gasteiger partial charge in [-0.1, -0.05) is 46.9 Å². The smallest absolute Gasteiger partial charge is 0.292 e. The van der Waals surface area contributed by atoms with E-state index in [1.54, 1.807) is 30.3 Å². The summed E-state index contributed by atoms with van der Waals surface area (Å²) in [7, 11) is 1.47. The van der Waals surface area contributed by atoms with Crippen molar-refractivity contribution < 1.29 is 9.84 Å². The third kappa shape index (κ3) is 3.98. The van der Waals surface area contributed by atoms with Crippen molar-refractivity contribution in [2.45, 2.75) is 6.54 Å². The molecule has 0 fully saturated rings. The average Bonchev–Trinajstić information content (AvgIpc) is 2.65. The van der Waals surface area contributed by atoms with Gasteiger partial charge in [-0.05, 0) is 24.3 Å². The van der Waals surface area contributed by atoms with Crippen LogP contribution in [0.2, 0.25) is 15.1 Å². The topological polar surface area (TPSA) is 76.4 Å². The zero-order chi connectivity index (χ0) is 19.6. The molecule has 0 bridgehead atoms. The van der Waals surface area contributed by atoms with Crippen LogP contribution in [0.25, 0.3) is 5.69 Å². The molecule has 0 aliphatic heterocycles. The Labute approximate surface area is 169 Å². The van der Waals surface area contributed by atoms with Crippen LogP contribution >= 0.6 is 34.8 Å². The lowest BCUT2D eigenvalue weighted by atomic mass is 10.2. The van der Waals surface area contributed by atoms with Crippen molar-refractivity contribution in [3.05, 3.63) is 73.6 Å². The second kappa shape index (κ2) is 8.08. The molecule has 0 radical (unpaired) electrons. The molecule has 2 aromatic carbocycles. The summed E-state index contributed by atoms with van der Waals surface area (Å²) in [6.07, 6.45) is 1.41. The molecule has 1 heterocycles. The van der Waals surface area contributed by atoms with Crippen molar-refractivity contribution in [1.82, 2.24) is 9.78 Å². The Morgan fingerprint density at radius 1 is 1.22 bits per heavy atom. The van der Waals surface area contributed by atoms with Gasteiger partial charge in [-0.15, -0.1) is 0 Å². The molecule has 0 atom stereocenters. The minimum absolute atomic E-state index is 0.0119. The molecule has 0 amide bonds. The van der Waals surface area contributed by atoms with Crippen LogP contribution in [0.1, 0.15) is 5.56 Å². The highest BCUT2D eigenvalue weighted by Crippen LogP contribution is 2.30. The molecule has 27 heavy (non-hydrogen) atoms. The van der Waals surface area contributed by atoms with Gasteiger partial charge in [0.05, 0.1) is 29.7 Å². The van der Waals surface area contributed by atoms with Gasteiger partial charge < -0.3 is 15.2 Å². The maximum Gasteiger partial charge on any atom is 0.292 e. The summed E-state index contributed by atoms with van der Waals surface area (Å²) in [5.41, 5.74) is 0.728. The van der Waals surface area contributed by atoms with Crippen LogP contribution in [-0.4, -0.2) is 22.0 Å². The van der Waals surface area contributed by atoms with E-state index in [4.69, 9.17) is 39.5 Å². The summed E-state index contributed by atoms with van der Waals surface area (Å²) < 4.78 is 6.17. The van der Waals surface area contributed by atoms with E-state index in [2.05, 4.69) is 10.4 Å². The molecular formula is C18H14Cl3N3O3. The second-order valence-corrected chi connectivity index (χ2v) is 6.73. The Hall–Kier alpha value is -2.41. The first-order valence-corrected chi connectivity index (χ1v) is 8.87. The zero-order valence-electron chi connectivity index (χ0n) is 14.0. The van der Waals surface area contributed by atoms with Crippen LogP contribution in [0, 0.1) is 0 Å². The summed E-state index contributed by atoms with van der Waals surface area (Å²) in [5, 5.41) is 17.9. The van der Waals surface area contributed by atoms with E-state index in [1.807, 2.05) is 0 Å². The van der Waals surface area contributed by atoms with E-state index >= 15 is 0 Å². The highest BCUT2D eigenvalue weighted by Gasteiger charge is 2.14. The average molecular weight is 427 g/mol. The number of nitrogens with zero attached hydrogens (tertiary/aromatic N) is 2. The highest BCUT2D eigenvalue weighted by molar-refractivity contribution is 6.36. The predicted molar refractivity (Wildman–Crippen MR) is 107 cm³/mol. The minimum Gasteiger partial charge on any atom is -0.504 e. The van der Waals surface area contributed by atoms with Gasteiger partial charge in [-0.25, -0.2) is 0 Å². The number of anilines is 1. The number of benzene rings is 2. The number of aromatic hydroxyl groups is 1. The van der Waals surface area contributed by atoms with Crippen molar-refractivity contribution in [2.24, 2.45) is 0 Å². The van der Waals surface area contributed by atoms with Crippen LogP contribution in [0.4, 0.5) is 5.69 Å². The number of nitrogens with one attached hydrogen (secondary N) is 1. The second-order valence-electron chi connectivity index (χ2n) is 5.51. The van der Waals surface area contributed by atoms with Crippen molar-refractivity contribution in [3.8, 4) is 17.2 Å². The van der Waals surface area contributed by atoms with E-state index in [0.717, 1.165) is 4.68 Å². The van der Waals surface area contributed by atoms with E-state index in [9.17, 15) is 9.90 Å². The molecule has 0 unspecified atom stereocenters. The number of phenols is 1. The number of hydrogen-bond acceptors (Lipinski definition) is 5. The first-order chi connectivity index (χ1) is 12.9. The molecule has 9 heteroatoms. The number of halogens is 3. The fourth-order valence-electron chi connectivity index (χ4n) is 2.45. The molecule has 3 aromatic rings. The molecule has 3 rings (SSSR count). The Bertz CT molecular complexity index is 1050. The van der Waals surface area contributed by atoms with Gasteiger partial charge >= 0.3 is 0 Å². The third-order valence-electron chi connectivity index (χ3n) is 3.83. The van der Waals surface area contributed by atoms with Gasteiger partial charge in [0.1, 0.15) is 5.02 Å². The SMILES string of the molecule is COc1cccc(CNc2cnn(-c3ccc(Cl)cc3Cl)c(=O)c2Cl)c1O. The molecule has 0 spiro atoms. The fraction of sp³-hybridized carbons (Fsp3) is 0.111. The molecule has 2 N–H and O–H groups in total. The van der Waals surface area contributed by atoms with Crippen LogP contribution in [0.5, 0.6) is 11.5 Å². The van der Waals surface area contributed by atoms with Crippen molar-refractivity contribution in [2.75, 3.05) is 12.4 Å². The Morgan fingerprint density at radius 2 is 2.00 bits per heavy atom. The maximum absolute atomic E-state index is 12.6. The number of para-hydroxylation sites is 1. The Kier molecular flexibility index (Phi) is 5.79. The maximum atomic E-state index is 12.6. The minimum atomic E-state index is -0.541. The monoisotopic (exact) mass is 425 g/mol. The largest absolute Gasteiger partial charge is 0.504 e. The van der Waals surface area contributed by atoms with Crippen molar-refractivity contribution in [1.29, 1.82) is 0 Å². The molecule has 1 aromatic heterocycles. The van der Waals surface area contributed by atoms with Crippen LogP contribution in [0.3, 0.4) is 0 Å². The van der Waals surface area contributed by atoms with E-state index in [1.165, 1.54) is 19.4 Å². The normalized spacial score (nSPS) is 10.7. The van der Waals surface area contributed by atoms with Gasteiger partial charge in [-0.3, -0.25) is 4.79 Å². The summed E-state index contributed by atoms with van der Waals surface area (Å²) in [6, 6.07) is 9.80. The first-order valence-electron chi connectivity index (χ1n) is 7.74. The summed E-state index contributed by atoms with van der Waals surface area (Å²) in [5.74, 6) is 0.365. The molecule has 0 saturated carbocycles. The lowest BCUT2D eigenvalue weighted by Crippen LogP contribution is -2.23. The standard InChI is InChI=1S/C18H14Cl3N3O3/c1-27-15-4-2-3-10(17(15)25)8-22-13-9-23-24(18(26)16(13)21)14-6-5-11(19)7-12(14)20/h2-7,9,22,25H,8H2,1H3. The fourth-order valence-corrected chi connectivity index (χ4v) is 3.13. The van der Waals surface area contributed by atoms with E-state index in [0.29, 0.717) is 27.7 Å². The lowest BCUT2D eigenvalue weighted by molar-refractivity contribution is 0.371. The Balaban J connectivity index is 1.89. The van der Waals surface area contributed by atoms with E-state index < -0.39 is 5.56 Å². The van der Waals surface area contributed by atoms with Crippen LogP contribution < -0.4 is 15.6 Å². The van der Waals surface area contributed by atoms with Crippen LogP contribution in [0.15, 0.2) is 47.4 Å². The zero-order valence-corrected chi connectivity index (χ0v) is 16.3. The number of phenolic OH excluding ortho intramolecular Hbond substituents is 1. The van der Waals surface area contributed by atoms with Gasteiger partial charge in [0.2, 0.25) is 0 Å². The Morgan fingerprint density at radius 3 is 2.70 bits per heavy atom. The number of rotatable bonds is 5. The lowest BCUT2D eigenvalue weighted by Gasteiger charge is -2.13.